The van der Waals surface area contributed by atoms with E-state index in [4.69, 9.17) is 4.42 Å². The van der Waals surface area contributed by atoms with Gasteiger partial charge in [0.2, 0.25) is 15.9 Å². The van der Waals surface area contributed by atoms with Crippen molar-refractivity contribution in [2.75, 3.05) is 32.7 Å². The number of nitriles is 1. The Kier molecular flexibility index (Phi) is 6.94. The molecule has 2 fully saturated rings. The van der Waals surface area contributed by atoms with E-state index in [1.807, 2.05) is 18.2 Å². The van der Waals surface area contributed by atoms with E-state index in [9.17, 15) is 18.5 Å². The molecule has 170 valence electrons. The number of likely N-dealkylation sites (tertiary alicyclic amines) is 1. The van der Waals surface area contributed by atoms with Crippen molar-refractivity contribution in [1.29, 1.82) is 5.26 Å². The molecule has 4 rings (SSSR count). The highest BCUT2D eigenvalue weighted by Gasteiger charge is 2.34. The van der Waals surface area contributed by atoms with Crippen LogP contribution in [0.4, 0.5) is 0 Å². The number of rotatable bonds is 7. The Balaban J connectivity index is 1.35. The van der Waals surface area contributed by atoms with Gasteiger partial charge in [-0.3, -0.25) is 9.69 Å². The third-order valence-corrected chi connectivity index (χ3v) is 8.33. The first-order chi connectivity index (χ1) is 15.5. The molecular weight excluding hydrogens is 428 g/mol. The molecule has 1 atom stereocenters. The summed E-state index contributed by atoms with van der Waals surface area (Å²) in [6.45, 7) is 2.96. The minimum Gasteiger partial charge on any atom is -0.468 e. The zero-order chi connectivity index (χ0) is 22.6. The zero-order valence-electron chi connectivity index (χ0n) is 17.9. The van der Waals surface area contributed by atoms with Gasteiger partial charge in [-0.05, 0) is 63.0 Å². The Hall–Kier alpha value is -2.67. The molecule has 1 N–H and O–H groups in total. The highest BCUT2D eigenvalue weighted by molar-refractivity contribution is 7.89. The van der Waals surface area contributed by atoms with Gasteiger partial charge in [-0.2, -0.15) is 9.57 Å². The molecule has 0 aliphatic carbocycles. The maximum absolute atomic E-state index is 13.0. The molecule has 2 aromatic rings. The maximum Gasteiger partial charge on any atom is 0.244 e. The van der Waals surface area contributed by atoms with Crippen LogP contribution in [0.15, 0.2) is 52.0 Å². The monoisotopic (exact) mass is 456 g/mol. The van der Waals surface area contributed by atoms with E-state index in [0.717, 1.165) is 31.7 Å². The third-order valence-electron chi connectivity index (χ3n) is 6.37. The second kappa shape index (κ2) is 9.86. The first kappa shape index (κ1) is 22.5. The van der Waals surface area contributed by atoms with E-state index in [-0.39, 0.29) is 41.4 Å². The van der Waals surface area contributed by atoms with Crippen LogP contribution in [0, 0.1) is 17.2 Å². The summed E-state index contributed by atoms with van der Waals surface area (Å²) in [6, 6.07) is 12.0. The van der Waals surface area contributed by atoms with Crippen molar-refractivity contribution in [3.05, 3.63) is 54.0 Å². The summed E-state index contributed by atoms with van der Waals surface area (Å²) in [5, 5.41) is 12.3. The first-order valence-corrected chi connectivity index (χ1v) is 12.5. The fourth-order valence-electron chi connectivity index (χ4n) is 4.57. The van der Waals surface area contributed by atoms with Crippen molar-refractivity contribution < 1.29 is 17.6 Å². The van der Waals surface area contributed by atoms with Crippen molar-refractivity contribution in [2.45, 2.75) is 36.6 Å². The van der Waals surface area contributed by atoms with E-state index in [1.54, 1.807) is 18.4 Å². The summed E-state index contributed by atoms with van der Waals surface area (Å²) < 4.78 is 33.0. The average Bonchev–Trinajstić information content (AvgIpc) is 3.54. The van der Waals surface area contributed by atoms with Gasteiger partial charge in [-0.1, -0.05) is 12.1 Å². The Morgan fingerprint density at radius 3 is 2.50 bits per heavy atom. The van der Waals surface area contributed by atoms with Crippen LogP contribution in [0.2, 0.25) is 0 Å². The number of carbonyl (C=O) groups is 1. The molecule has 2 saturated heterocycles. The Bertz CT molecular complexity index is 1060. The number of hydrogen-bond donors (Lipinski definition) is 1. The molecule has 3 heterocycles. The van der Waals surface area contributed by atoms with Crippen LogP contribution in [-0.4, -0.2) is 56.3 Å². The van der Waals surface area contributed by atoms with Crippen LogP contribution >= 0.6 is 0 Å². The van der Waals surface area contributed by atoms with E-state index < -0.39 is 10.0 Å². The van der Waals surface area contributed by atoms with E-state index in [0.29, 0.717) is 19.4 Å². The van der Waals surface area contributed by atoms with Gasteiger partial charge in [0.25, 0.3) is 0 Å². The Labute approximate surface area is 188 Å². The summed E-state index contributed by atoms with van der Waals surface area (Å²) in [4.78, 5) is 15.2. The summed E-state index contributed by atoms with van der Waals surface area (Å²) in [5.74, 6) is 0.572. The number of furan rings is 1. The van der Waals surface area contributed by atoms with E-state index in [1.165, 1.54) is 16.4 Å². The molecule has 1 amide bonds. The zero-order valence-corrected chi connectivity index (χ0v) is 18.8. The van der Waals surface area contributed by atoms with Crippen molar-refractivity contribution in [3.8, 4) is 6.07 Å². The highest BCUT2D eigenvalue weighted by Crippen LogP contribution is 2.27. The summed E-state index contributed by atoms with van der Waals surface area (Å²) in [6.07, 6.45) is 4.85. The van der Waals surface area contributed by atoms with E-state index in [2.05, 4.69) is 10.2 Å². The predicted octanol–water partition coefficient (Wildman–Crippen LogP) is 2.51. The third kappa shape index (κ3) is 4.72. The topological polar surface area (TPSA) is 107 Å². The van der Waals surface area contributed by atoms with Crippen molar-refractivity contribution >= 4 is 15.9 Å². The number of nitrogens with one attached hydrogen (secondary N) is 1. The van der Waals surface area contributed by atoms with Gasteiger partial charge in [-0.15, -0.1) is 0 Å². The molecule has 0 spiro atoms. The van der Waals surface area contributed by atoms with Crippen LogP contribution in [0.3, 0.4) is 0 Å². The smallest absolute Gasteiger partial charge is 0.244 e. The molecule has 1 aromatic heterocycles. The minimum absolute atomic E-state index is 0.0133. The highest BCUT2D eigenvalue weighted by atomic mass is 32.2. The lowest BCUT2D eigenvalue weighted by Gasteiger charge is -2.31. The lowest BCUT2D eigenvalue weighted by molar-refractivity contribution is -0.126. The number of benzene rings is 1. The van der Waals surface area contributed by atoms with Crippen LogP contribution in [0.5, 0.6) is 0 Å². The van der Waals surface area contributed by atoms with Crippen molar-refractivity contribution in [3.63, 3.8) is 0 Å². The number of carbonyl (C=O) groups excluding carboxylic acids is 1. The second-order valence-electron chi connectivity index (χ2n) is 8.31. The van der Waals surface area contributed by atoms with Gasteiger partial charge in [-0.25, -0.2) is 8.42 Å². The number of hydrogen-bond acceptors (Lipinski definition) is 6. The lowest BCUT2D eigenvalue weighted by atomic mass is 9.97. The van der Waals surface area contributed by atoms with Gasteiger partial charge < -0.3 is 9.73 Å². The van der Waals surface area contributed by atoms with Crippen LogP contribution in [0.1, 0.15) is 43.0 Å². The quantitative estimate of drug-likeness (QED) is 0.686. The molecule has 9 heteroatoms. The van der Waals surface area contributed by atoms with Gasteiger partial charge in [0.1, 0.15) is 11.8 Å². The summed E-state index contributed by atoms with van der Waals surface area (Å²) in [7, 11) is -3.76. The fourth-order valence-corrected chi connectivity index (χ4v) is 6.18. The molecule has 2 aliphatic rings. The molecule has 1 unspecified atom stereocenters. The minimum atomic E-state index is -3.76. The summed E-state index contributed by atoms with van der Waals surface area (Å²) in [5.41, 5.74) is 0.137. The number of piperidine rings is 1. The first-order valence-electron chi connectivity index (χ1n) is 11.0. The van der Waals surface area contributed by atoms with Crippen molar-refractivity contribution in [2.24, 2.45) is 5.92 Å². The number of amides is 1. The van der Waals surface area contributed by atoms with Crippen LogP contribution in [-0.2, 0) is 14.8 Å². The van der Waals surface area contributed by atoms with Gasteiger partial charge in [0, 0.05) is 25.6 Å². The van der Waals surface area contributed by atoms with Gasteiger partial charge in [0.05, 0.1) is 22.8 Å². The largest absolute Gasteiger partial charge is 0.468 e. The SMILES string of the molecule is N#Cc1ccccc1S(=O)(=O)N1CCC(C(=O)NCC(c2ccco2)N2CCCC2)CC1. The van der Waals surface area contributed by atoms with Gasteiger partial charge in [0.15, 0.2) is 0 Å². The molecule has 32 heavy (non-hydrogen) atoms. The van der Waals surface area contributed by atoms with Crippen LogP contribution < -0.4 is 5.32 Å². The molecule has 1 aromatic carbocycles. The van der Waals surface area contributed by atoms with E-state index >= 15 is 0 Å². The molecule has 8 nitrogen and oxygen atoms in total. The normalized spacial score (nSPS) is 19.5. The Morgan fingerprint density at radius 2 is 1.84 bits per heavy atom. The molecule has 2 aliphatic heterocycles. The second-order valence-corrected chi connectivity index (χ2v) is 10.2. The molecule has 0 bridgehead atoms. The Morgan fingerprint density at radius 1 is 1.12 bits per heavy atom. The summed E-state index contributed by atoms with van der Waals surface area (Å²) >= 11 is 0. The van der Waals surface area contributed by atoms with Crippen molar-refractivity contribution in [1.82, 2.24) is 14.5 Å². The number of nitrogens with zero attached hydrogens (tertiary/aromatic N) is 3. The number of sulfonamides is 1. The maximum atomic E-state index is 13.0. The average molecular weight is 457 g/mol. The molecular formula is C23H28N4O4S. The van der Waals surface area contributed by atoms with Gasteiger partial charge >= 0.3 is 0 Å². The molecule has 0 saturated carbocycles. The lowest BCUT2D eigenvalue weighted by Crippen LogP contribution is -2.44. The molecule has 0 radical (unpaired) electrons. The predicted molar refractivity (Wildman–Crippen MR) is 118 cm³/mol. The fraction of sp³-hybridized carbons (Fsp3) is 0.478. The standard InChI is InChI=1S/C23H28N4O4S/c24-16-19-6-1-2-8-22(19)32(29,30)27-13-9-18(10-14-27)23(28)25-17-20(21-7-5-15-31-21)26-11-3-4-12-26/h1-2,5-8,15,18,20H,3-4,9-14,17H2,(H,25,28). The van der Waals surface area contributed by atoms with Crippen LogP contribution in [0.25, 0.3) is 0 Å².